The van der Waals surface area contributed by atoms with Crippen molar-refractivity contribution in [3.05, 3.63) is 102 Å². The lowest BCUT2D eigenvalue weighted by atomic mass is 9.96. The van der Waals surface area contributed by atoms with Crippen molar-refractivity contribution in [2.45, 2.75) is 39.7 Å². The first-order chi connectivity index (χ1) is 15.8. The van der Waals surface area contributed by atoms with Crippen LogP contribution in [0.5, 0.6) is 0 Å². The zero-order valence-electron chi connectivity index (χ0n) is 19.0. The highest BCUT2D eigenvalue weighted by molar-refractivity contribution is 7.07. The van der Waals surface area contributed by atoms with E-state index in [1.165, 1.54) is 33.6 Å². The van der Waals surface area contributed by atoms with Gasteiger partial charge in [0.15, 0.2) is 4.80 Å². The smallest absolute Gasteiger partial charge is 0.338 e. The molecule has 170 valence electrons. The van der Waals surface area contributed by atoms with Gasteiger partial charge < -0.3 is 4.74 Å². The summed E-state index contributed by atoms with van der Waals surface area (Å²) < 4.78 is 20.9. The molecule has 33 heavy (non-hydrogen) atoms. The fraction of sp³-hybridized carbons (Fsp3) is 0.269. The summed E-state index contributed by atoms with van der Waals surface area (Å²) in [7, 11) is 0. The number of hydrogen-bond donors (Lipinski definition) is 0. The number of thiazole rings is 1. The summed E-state index contributed by atoms with van der Waals surface area (Å²) in [5, 5.41) is 0. The lowest BCUT2D eigenvalue weighted by Gasteiger charge is -2.24. The van der Waals surface area contributed by atoms with Crippen molar-refractivity contribution in [1.82, 2.24) is 4.57 Å². The van der Waals surface area contributed by atoms with Gasteiger partial charge in [-0.05, 0) is 54.7 Å². The summed E-state index contributed by atoms with van der Waals surface area (Å²) >= 11 is 1.27. The number of aromatic nitrogens is 1. The Morgan fingerprint density at radius 3 is 2.45 bits per heavy atom. The summed E-state index contributed by atoms with van der Waals surface area (Å²) in [5.41, 5.74) is 3.25. The molecule has 0 amide bonds. The van der Waals surface area contributed by atoms with E-state index >= 15 is 0 Å². The van der Waals surface area contributed by atoms with Gasteiger partial charge in [-0.2, -0.15) is 0 Å². The summed E-state index contributed by atoms with van der Waals surface area (Å²) in [5.74, 6) is -0.509. The normalized spacial score (nSPS) is 16.1. The Morgan fingerprint density at radius 1 is 1.18 bits per heavy atom. The SMILES string of the molecule is CCOC(=O)C1=C(C)N=c2sc(=Cc3ccc(C(C)C)cc3)c(=O)n2[C@@H]1c1ccc(F)cc1. The van der Waals surface area contributed by atoms with E-state index < -0.39 is 17.8 Å². The number of carbonyl (C=O) groups is 1. The number of rotatable bonds is 5. The maximum atomic E-state index is 13.6. The number of fused-ring (bicyclic) bond motifs is 1. The van der Waals surface area contributed by atoms with Gasteiger partial charge in [0.25, 0.3) is 5.56 Å². The highest BCUT2D eigenvalue weighted by atomic mass is 32.1. The van der Waals surface area contributed by atoms with E-state index in [-0.39, 0.29) is 17.7 Å². The second-order valence-corrected chi connectivity index (χ2v) is 9.18. The quantitative estimate of drug-likeness (QED) is 0.535. The monoisotopic (exact) mass is 464 g/mol. The molecular weight excluding hydrogens is 439 g/mol. The molecule has 1 atom stereocenters. The van der Waals surface area contributed by atoms with Gasteiger partial charge in [-0.15, -0.1) is 0 Å². The average molecular weight is 465 g/mol. The fourth-order valence-electron chi connectivity index (χ4n) is 3.88. The molecule has 3 aromatic rings. The molecule has 7 heteroatoms. The van der Waals surface area contributed by atoms with Gasteiger partial charge in [0.1, 0.15) is 5.82 Å². The molecule has 5 nitrogen and oxygen atoms in total. The molecule has 0 saturated carbocycles. The van der Waals surface area contributed by atoms with Crippen molar-refractivity contribution < 1.29 is 13.9 Å². The van der Waals surface area contributed by atoms with Crippen molar-refractivity contribution in [2.75, 3.05) is 6.61 Å². The van der Waals surface area contributed by atoms with Gasteiger partial charge in [0.05, 0.1) is 28.5 Å². The Kier molecular flexibility index (Phi) is 6.42. The Hall–Kier alpha value is -3.32. The standard InChI is InChI=1S/C26H25FN2O3S/c1-5-32-25(31)22-16(4)28-26-29(23(22)19-10-12-20(27)13-11-19)24(30)21(33-26)14-17-6-8-18(9-7-17)15(2)3/h6-15,23H,5H2,1-4H3/t23-/m1/s1. The average Bonchev–Trinajstić information content (AvgIpc) is 3.08. The third kappa shape index (κ3) is 4.46. The van der Waals surface area contributed by atoms with E-state index in [4.69, 9.17) is 4.74 Å². The van der Waals surface area contributed by atoms with E-state index in [1.807, 2.05) is 18.2 Å². The zero-order valence-corrected chi connectivity index (χ0v) is 19.8. The van der Waals surface area contributed by atoms with Crippen LogP contribution in [0, 0.1) is 5.82 Å². The zero-order chi connectivity index (χ0) is 23.7. The van der Waals surface area contributed by atoms with Crippen LogP contribution in [0.4, 0.5) is 4.39 Å². The molecular formula is C26H25FN2O3S. The molecule has 4 rings (SSSR count). The lowest BCUT2D eigenvalue weighted by molar-refractivity contribution is -0.139. The molecule has 0 unspecified atom stereocenters. The fourth-order valence-corrected chi connectivity index (χ4v) is 4.93. The number of allylic oxidation sites excluding steroid dienone is 1. The molecule has 2 heterocycles. The molecule has 0 bridgehead atoms. The van der Waals surface area contributed by atoms with Gasteiger partial charge in [-0.3, -0.25) is 9.36 Å². The minimum atomic E-state index is -0.744. The van der Waals surface area contributed by atoms with Crippen LogP contribution >= 0.6 is 11.3 Å². The highest BCUT2D eigenvalue weighted by Gasteiger charge is 2.33. The second kappa shape index (κ2) is 9.27. The third-order valence-electron chi connectivity index (χ3n) is 5.60. The minimum absolute atomic E-state index is 0.197. The highest BCUT2D eigenvalue weighted by Crippen LogP contribution is 2.30. The van der Waals surface area contributed by atoms with Crippen LogP contribution in [-0.2, 0) is 9.53 Å². The first kappa shape index (κ1) is 22.9. The number of carbonyl (C=O) groups excluding carboxylic acids is 1. The first-order valence-corrected chi connectivity index (χ1v) is 11.7. The molecule has 0 spiro atoms. The molecule has 1 aromatic heterocycles. The summed E-state index contributed by atoms with van der Waals surface area (Å²) in [6, 6.07) is 13.1. The maximum Gasteiger partial charge on any atom is 0.338 e. The van der Waals surface area contributed by atoms with E-state index in [1.54, 1.807) is 26.0 Å². The van der Waals surface area contributed by atoms with Crippen molar-refractivity contribution in [2.24, 2.45) is 4.99 Å². The van der Waals surface area contributed by atoms with Gasteiger partial charge in [0.2, 0.25) is 0 Å². The number of nitrogens with zero attached hydrogens (tertiary/aromatic N) is 2. The maximum absolute atomic E-state index is 13.6. The van der Waals surface area contributed by atoms with E-state index in [9.17, 15) is 14.0 Å². The molecule has 0 N–H and O–H groups in total. The number of benzene rings is 2. The Balaban J connectivity index is 1.90. The number of ether oxygens (including phenoxy) is 1. The van der Waals surface area contributed by atoms with Crippen molar-refractivity contribution in [3.63, 3.8) is 0 Å². The van der Waals surface area contributed by atoms with Gasteiger partial charge in [-0.25, -0.2) is 14.2 Å². The van der Waals surface area contributed by atoms with Crippen LogP contribution in [0.1, 0.15) is 56.3 Å². The van der Waals surface area contributed by atoms with Crippen LogP contribution in [0.3, 0.4) is 0 Å². The summed E-state index contributed by atoms with van der Waals surface area (Å²) in [6.07, 6.45) is 1.83. The van der Waals surface area contributed by atoms with Crippen LogP contribution < -0.4 is 14.9 Å². The van der Waals surface area contributed by atoms with Crippen LogP contribution in [0.15, 0.2) is 69.6 Å². The predicted octanol–water partition coefficient (Wildman–Crippen LogP) is 4.06. The first-order valence-electron chi connectivity index (χ1n) is 10.8. The molecule has 2 aromatic carbocycles. The molecule has 0 fully saturated rings. The molecule has 0 radical (unpaired) electrons. The van der Waals surface area contributed by atoms with Crippen molar-refractivity contribution in [1.29, 1.82) is 0 Å². The van der Waals surface area contributed by atoms with Crippen molar-refractivity contribution in [3.8, 4) is 0 Å². The lowest BCUT2D eigenvalue weighted by Crippen LogP contribution is -2.39. The minimum Gasteiger partial charge on any atom is -0.463 e. The molecule has 1 aliphatic rings. The Labute approximate surface area is 195 Å². The van der Waals surface area contributed by atoms with E-state index in [0.717, 1.165) is 5.56 Å². The van der Waals surface area contributed by atoms with Crippen LogP contribution in [-0.4, -0.2) is 17.1 Å². The molecule has 0 saturated heterocycles. The van der Waals surface area contributed by atoms with E-state index in [0.29, 0.717) is 26.5 Å². The second-order valence-electron chi connectivity index (χ2n) is 8.18. The molecule has 0 aliphatic carbocycles. The number of halogens is 1. The van der Waals surface area contributed by atoms with Gasteiger partial charge in [0, 0.05) is 0 Å². The number of esters is 1. The van der Waals surface area contributed by atoms with Crippen LogP contribution in [0.25, 0.3) is 6.08 Å². The third-order valence-corrected chi connectivity index (χ3v) is 6.59. The summed E-state index contributed by atoms with van der Waals surface area (Å²) in [4.78, 5) is 31.4. The van der Waals surface area contributed by atoms with Crippen LogP contribution in [0.2, 0.25) is 0 Å². The summed E-state index contributed by atoms with van der Waals surface area (Å²) in [6.45, 7) is 7.91. The number of hydrogen-bond acceptors (Lipinski definition) is 5. The largest absolute Gasteiger partial charge is 0.463 e. The van der Waals surface area contributed by atoms with Crippen molar-refractivity contribution >= 4 is 23.4 Å². The Bertz CT molecular complexity index is 1400. The molecule has 1 aliphatic heterocycles. The Morgan fingerprint density at radius 2 is 1.85 bits per heavy atom. The van der Waals surface area contributed by atoms with Gasteiger partial charge >= 0.3 is 5.97 Å². The van der Waals surface area contributed by atoms with Gasteiger partial charge in [-0.1, -0.05) is 61.6 Å². The van der Waals surface area contributed by atoms with E-state index in [2.05, 4.69) is 31.0 Å². The topological polar surface area (TPSA) is 60.7 Å². The predicted molar refractivity (Wildman–Crippen MR) is 127 cm³/mol.